The van der Waals surface area contributed by atoms with Gasteiger partial charge in [-0.05, 0) is 11.6 Å². The average molecular weight is 338 g/mol. The molecule has 0 aliphatic heterocycles. The minimum absolute atomic E-state index is 0.0968. The summed E-state index contributed by atoms with van der Waals surface area (Å²) in [6, 6.07) is 8.08. The lowest BCUT2D eigenvalue weighted by atomic mass is 10.1. The van der Waals surface area contributed by atoms with E-state index in [2.05, 4.69) is 0 Å². The molecule has 0 spiro atoms. The number of thiophene rings is 1. The van der Waals surface area contributed by atoms with Gasteiger partial charge in [-0.1, -0.05) is 59.1 Å². The fourth-order valence-electron chi connectivity index (χ4n) is 1.50. The van der Waals surface area contributed by atoms with Crippen molar-refractivity contribution in [3.8, 4) is 16.2 Å². The molecule has 0 amide bonds. The van der Waals surface area contributed by atoms with E-state index in [-0.39, 0.29) is 10.6 Å². The number of aromatic carboxylic acids is 1. The van der Waals surface area contributed by atoms with E-state index in [0.29, 0.717) is 10.4 Å². The maximum Gasteiger partial charge on any atom is 0.349 e. The van der Waals surface area contributed by atoms with Gasteiger partial charge in [-0.15, -0.1) is 11.3 Å². The fourth-order valence-corrected chi connectivity index (χ4v) is 2.77. The summed E-state index contributed by atoms with van der Waals surface area (Å²) >= 11 is 18.2. The number of benzene rings is 1. The Bertz CT molecular complexity index is 614. The lowest BCUT2D eigenvalue weighted by molar-refractivity contribution is 0.0699. The van der Waals surface area contributed by atoms with E-state index in [4.69, 9.17) is 39.9 Å². The monoisotopic (exact) mass is 336 g/mol. The molecule has 2 N–H and O–H groups in total. The van der Waals surface area contributed by atoms with Crippen LogP contribution in [0.5, 0.6) is 5.75 Å². The zero-order chi connectivity index (χ0) is 14.2. The molecule has 0 bridgehead atoms. The smallest absolute Gasteiger partial charge is 0.349 e. The molecule has 0 saturated carbocycles. The van der Waals surface area contributed by atoms with E-state index in [1.54, 1.807) is 24.3 Å². The van der Waals surface area contributed by atoms with Crippen molar-refractivity contribution in [2.45, 2.75) is 3.79 Å². The molecular weight excluding hydrogens is 331 g/mol. The summed E-state index contributed by atoms with van der Waals surface area (Å²) in [5.41, 5.74) is 1.26. The summed E-state index contributed by atoms with van der Waals surface area (Å²) in [4.78, 5) is 11.4. The van der Waals surface area contributed by atoms with E-state index in [1.165, 1.54) is 6.07 Å². The minimum Gasteiger partial charge on any atom is -0.506 e. The van der Waals surface area contributed by atoms with Gasteiger partial charge in [-0.3, -0.25) is 0 Å². The second-order valence-corrected chi connectivity index (χ2v) is 7.04. The third kappa shape index (κ3) is 3.15. The van der Waals surface area contributed by atoms with Crippen LogP contribution in [-0.4, -0.2) is 16.2 Å². The molecule has 100 valence electrons. The van der Waals surface area contributed by atoms with Crippen LogP contribution in [0.4, 0.5) is 0 Å². The molecule has 0 aliphatic rings. The number of rotatable bonds is 2. The van der Waals surface area contributed by atoms with Crippen molar-refractivity contribution in [2.24, 2.45) is 0 Å². The molecule has 2 rings (SSSR count). The maximum absolute atomic E-state index is 10.9. The van der Waals surface area contributed by atoms with Crippen LogP contribution < -0.4 is 0 Å². The number of carboxylic acid groups (broad SMARTS) is 1. The third-order valence-electron chi connectivity index (χ3n) is 2.40. The Balaban J connectivity index is 2.38. The maximum atomic E-state index is 10.9. The van der Waals surface area contributed by atoms with Gasteiger partial charge in [-0.25, -0.2) is 4.79 Å². The van der Waals surface area contributed by atoms with Gasteiger partial charge in [0.15, 0.2) is 4.88 Å². The van der Waals surface area contributed by atoms with Gasteiger partial charge in [0.25, 0.3) is 0 Å². The van der Waals surface area contributed by atoms with Crippen LogP contribution in [0.1, 0.15) is 15.2 Å². The Hall–Kier alpha value is -0.940. The molecule has 0 saturated heterocycles. The van der Waals surface area contributed by atoms with E-state index < -0.39 is 9.76 Å². The van der Waals surface area contributed by atoms with Crippen LogP contribution in [-0.2, 0) is 3.79 Å². The largest absolute Gasteiger partial charge is 0.506 e. The van der Waals surface area contributed by atoms with Gasteiger partial charge in [0.05, 0.1) is 0 Å². The highest BCUT2D eigenvalue weighted by Crippen LogP contribution is 2.40. The van der Waals surface area contributed by atoms with Crippen LogP contribution >= 0.6 is 46.1 Å². The molecule has 0 atom stereocenters. The van der Waals surface area contributed by atoms with Gasteiger partial charge in [0.2, 0.25) is 3.79 Å². The van der Waals surface area contributed by atoms with Crippen molar-refractivity contribution in [1.29, 1.82) is 0 Å². The summed E-state index contributed by atoms with van der Waals surface area (Å²) < 4.78 is -1.50. The normalized spacial score (nSPS) is 11.5. The first-order chi connectivity index (χ1) is 8.79. The predicted molar refractivity (Wildman–Crippen MR) is 77.6 cm³/mol. The third-order valence-corrected chi connectivity index (χ3v) is 4.22. The van der Waals surface area contributed by atoms with Crippen LogP contribution in [0.15, 0.2) is 30.3 Å². The SMILES string of the molecule is O=C(O)c1sc(-c2ccc(C(Cl)(Cl)Cl)cc2)cc1O. The van der Waals surface area contributed by atoms with Crippen molar-refractivity contribution in [1.82, 2.24) is 0 Å². The predicted octanol–water partition coefficient (Wildman–Crippen LogP) is 4.65. The van der Waals surface area contributed by atoms with Crippen molar-refractivity contribution in [3.05, 3.63) is 40.8 Å². The molecule has 3 nitrogen and oxygen atoms in total. The fraction of sp³-hybridized carbons (Fsp3) is 0.0833. The summed E-state index contributed by atoms with van der Waals surface area (Å²) in [6.07, 6.45) is 0. The number of carboxylic acids is 1. The molecule has 7 heteroatoms. The lowest BCUT2D eigenvalue weighted by Crippen LogP contribution is -1.98. The van der Waals surface area contributed by atoms with Crippen LogP contribution in [0.2, 0.25) is 0 Å². The molecule has 0 unspecified atom stereocenters. The van der Waals surface area contributed by atoms with Crippen molar-refractivity contribution < 1.29 is 15.0 Å². The second kappa shape index (κ2) is 5.21. The van der Waals surface area contributed by atoms with Crippen molar-refractivity contribution >= 4 is 52.1 Å². The van der Waals surface area contributed by atoms with Gasteiger partial charge in [-0.2, -0.15) is 0 Å². The van der Waals surface area contributed by atoms with Crippen LogP contribution in [0.25, 0.3) is 10.4 Å². The Morgan fingerprint density at radius 2 is 1.74 bits per heavy atom. The second-order valence-electron chi connectivity index (χ2n) is 3.71. The molecule has 0 radical (unpaired) electrons. The lowest BCUT2D eigenvalue weighted by Gasteiger charge is -2.11. The molecule has 0 fully saturated rings. The summed E-state index contributed by atoms with van der Waals surface area (Å²) in [5, 5.41) is 18.4. The summed E-state index contributed by atoms with van der Waals surface area (Å²) in [6.45, 7) is 0. The number of aromatic hydroxyl groups is 1. The molecule has 1 heterocycles. The molecule has 19 heavy (non-hydrogen) atoms. The first-order valence-electron chi connectivity index (χ1n) is 5.03. The Morgan fingerprint density at radius 1 is 1.16 bits per heavy atom. The van der Waals surface area contributed by atoms with Gasteiger partial charge in [0.1, 0.15) is 5.75 Å². The van der Waals surface area contributed by atoms with E-state index in [0.717, 1.165) is 16.9 Å². The molecule has 2 aromatic rings. The highest BCUT2D eigenvalue weighted by Gasteiger charge is 2.22. The number of hydrogen-bond acceptors (Lipinski definition) is 3. The number of carbonyl (C=O) groups is 1. The zero-order valence-electron chi connectivity index (χ0n) is 9.23. The van der Waals surface area contributed by atoms with Gasteiger partial charge < -0.3 is 10.2 Å². The van der Waals surface area contributed by atoms with E-state index in [1.807, 2.05) is 0 Å². The molecule has 0 aliphatic carbocycles. The van der Waals surface area contributed by atoms with E-state index in [9.17, 15) is 9.90 Å². The van der Waals surface area contributed by atoms with Crippen LogP contribution in [0.3, 0.4) is 0 Å². The standard InChI is InChI=1S/C12H7Cl3O3S/c13-12(14,15)7-3-1-6(2-4-7)9-5-8(16)10(19-9)11(17)18/h1-5,16H,(H,17,18). The highest BCUT2D eigenvalue weighted by molar-refractivity contribution is 7.17. The first-order valence-corrected chi connectivity index (χ1v) is 6.98. The van der Waals surface area contributed by atoms with Crippen LogP contribution in [0, 0.1) is 0 Å². The molecule has 1 aromatic heterocycles. The quantitative estimate of drug-likeness (QED) is 0.785. The Kier molecular flexibility index (Phi) is 3.97. The first kappa shape index (κ1) is 14.5. The van der Waals surface area contributed by atoms with Gasteiger partial charge in [0, 0.05) is 10.4 Å². The topological polar surface area (TPSA) is 57.5 Å². The van der Waals surface area contributed by atoms with E-state index >= 15 is 0 Å². The minimum atomic E-state index is -1.50. The average Bonchev–Trinajstić information content (AvgIpc) is 2.70. The zero-order valence-corrected chi connectivity index (χ0v) is 12.3. The number of hydrogen-bond donors (Lipinski definition) is 2. The Labute approximate surface area is 128 Å². The summed E-state index contributed by atoms with van der Waals surface area (Å²) in [5.74, 6) is -1.41. The Morgan fingerprint density at radius 3 is 2.16 bits per heavy atom. The van der Waals surface area contributed by atoms with Gasteiger partial charge >= 0.3 is 5.97 Å². The molecular formula is C12H7Cl3O3S. The number of halogens is 3. The number of alkyl halides is 3. The summed E-state index contributed by atoms with van der Waals surface area (Å²) in [7, 11) is 0. The molecule has 1 aromatic carbocycles. The van der Waals surface area contributed by atoms with Crippen molar-refractivity contribution in [2.75, 3.05) is 0 Å². The van der Waals surface area contributed by atoms with Crippen molar-refractivity contribution in [3.63, 3.8) is 0 Å². The highest BCUT2D eigenvalue weighted by atomic mass is 35.6.